The molecule has 0 fully saturated rings. The lowest BCUT2D eigenvalue weighted by atomic mass is 10.2. The number of nitrogens with one attached hydrogen (secondary N) is 1. The molecule has 1 N–H and O–H groups in total. The van der Waals surface area contributed by atoms with Gasteiger partial charge < -0.3 is 14.2 Å². The van der Waals surface area contributed by atoms with Crippen molar-refractivity contribution in [3.05, 3.63) is 65.2 Å². The number of aromatic nitrogens is 1. The summed E-state index contributed by atoms with van der Waals surface area (Å²) >= 11 is 1.25. The number of anilines is 3. The van der Waals surface area contributed by atoms with Gasteiger partial charge in [-0.25, -0.2) is 14.6 Å². The molecule has 0 spiro atoms. The second-order valence-corrected chi connectivity index (χ2v) is 9.27. The summed E-state index contributed by atoms with van der Waals surface area (Å²) in [5, 5.41) is 4.74. The van der Waals surface area contributed by atoms with Gasteiger partial charge in [0, 0.05) is 18.0 Å². The molecule has 0 unspecified atom stereocenters. The molecular weight excluding hydrogens is 470 g/mol. The van der Waals surface area contributed by atoms with Crippen LogP contribution in [0.5, 0.6) is 5.75 Å². The number of carbonyl (C=O) groups excluding carboxylic acids is 3. The Morgan fingerprint density at radius 1 is 1.09 bits per heavy atom. The van der Waals surface area contributed by atoms with Gasteiger partial charge in [0.05, 0.1) is 24.1 Å². The third-order valence-corrected chi connectivity index (χ3v) is 5.34. The summed E-state index contributed by atoms with van der Waals surface area (Å²) in [7, 11) is 1.53. The number of methoxy groups -OCH3 is 1. The van der Waals surface area contributed by atoms with Crippen LogP contribution in [0.25, 0.3) is 0 Å². The van der Waals surface area contributed by atoms with Gasteiger partial charge in [-0.2, -0.15) is 0 Å². The summed E-state index contributed by atoms with van der Waals surface area (Å²) in [6.45, 7) is 6.63. The summed E-state index contributed by atoms with van der Waals surface area (Å²) in [6, 6.07) is 13.5. The number of benzene rings is 2. The van der Waals surface area contributed by atoms with Crippen LogP contribution in [0.1, 0.15) is 43.7 Å². The third kappa shape index (κ3) is 7.03. The Kier molecular flexibility index (Phi) is 8.08. The Morgan fingerprint density at radius 3 is 2.51 bits per heavy atom. The minimum Gasteiger partial charge on any atom is -0.495 e. The highest BCUT2D eigenvalue weighted by molar-refractivity contribution is 7.14. The molecule has 0 saturated heterocycles. The van der Waals surface area contributed by atoms with Crippen LogP contribution in [0.2, 0.25) is 0 Å². The first-order chi connectivity index (χ1) is 16.6. The van der Waals surface area contributed by atoms with Gasteiger partial charge in [-0.3, -0.25) is 15.0 Å². The number of hydrogen-bond donors (Lipinski definition) is 1. The molecule has 10 heteroatoms. The Bertz CT molecular complexity index is 1220. The Labute approximate surface area is 207 Å². The van der Waals surface area contributed by atoms with Gasteiger partial charge in [0.25, 0.3) is 0 Å². The summed E-state index contributed by atoms with van der Waals surface area (Å²) in [6.07, 6.45) is -0.622. The fourth-order valence-corrected chi connectivity index (χ4v) is 3.92. The molecular formula is C25H27N3O6S. The van der Waals surface area contributed by atoms with E-state index in [2.05, 4.69) is 10.3 Å². The molecule has 0 radical (unpaired) electrons. The number of nitrogens with zero attached hydrogens (tertiary/aromatic N) is 2. The van der Waals surface area contributed by atoms with Gasteiger partial charge in [0.15, 0.2) is 5.13 Å². The minimum atomic E-state index is -0.642. The predicted molar refractivity (Wildman–Crippen MR) is 133 cm³/mol. The number of carbonyl (C=O) groups is 3. The van der Waals surface area contributed by atoms with E-state index in [0.717, 1.165) is 0 Å². The van der Waals surface area contributed by atoms with Gasteiger partial charge in [0.1, 0.15) is 18.0 Å². The van der Waals surface area contributed by atoms with Crippen LogP contribution < -0.4 is 15.0 Å². The number of ether oxygens (including phenoxy) is 3. The Hall–Kier alpha value is -3.92. The SMILES string of the molecule is COc1ccccc1N(C(C)=O)c1nc(COC(=O)c2cccc(NC(=O)OC(C)(C)C)c2)cs1. The highest BCUT2D eigenvalue weighted by atomic mass is 32.1. The maximum Gasteiger partial charge on any atom is 0.412 e. The van der Waals surface area contributed by atoms with Gasteiger partial charge in [-0.15, -0.1) is 11.3 Å². The van der Waals surface area contributed by atoms with E-state index in [4.69, 9.17) is 14.2 Å². The first kappa shape index (κ1) is 25.7. The Balaban J connectivity index is 1.67. The lowest BCUT2D eigenvalue weighted by Gasteiger charge is -2.20. The predicted octanol–water partition coefficient (Wildman–Crippen LogP) is 5.54. The molecule has 0 aliphatic heterocycles. The molecule has 35 heavy (non-hydrogen) atoms. The van der Waals surface area contributed by atoms with Crippen LogP contribution in [0, 0.1) is 0 Å². The molecule has 2 aromatic carbocycles. The van der Waals surface area contributed by atoms with E-state index in [1.54, 1.807) is 62.5 Å². The van der Waals surface area contributed by atoms with E-state index < -0.39 is 17.7 Å². The van der Waals surface area contributed by atoms with Crippen LogP contribution in [0.4, 0.5) is 21.3 Å². The van der Waals surface area contributed by atoms with E-state index in [9.17, 15) is 14.4 Å². The number of para-hydroxylation sites is 2. The maximum absolute atomic E-state index is 12.6. The monoisotopic (exact) mass is 497 g/mol. The molecule has 3 aromatic rings. The molecule has 0 atom stereocenters. The molecule has 0 saturated carbocycles. The van der Waals surface area contributed by atoms with Crippen molar-refractivity contribution >= 4 is 45.8 Å². The molecule has 2 amide bonds. The van der Waals surface area contributed by atoms with Crippen LogP contribution in [0.15, 0.2) is 53.9 Å². The van der Waals surface area contributed by atoms with E-state index in [1.165, 1.54) is 36.3 Å². The van der Waals surface area contributed by atoms with Crippen LogP contribution >= 0.6 is 11.3 Å². The summed E-state index contributed by atoms with van der Waals surface area (Å²) in [5.41, 5.74) is 1.07. The molecule has 1 aromatic heterocycles. The summed E-state index contributed by atoms with van der Waals surface area (Å²) in [5.74, 6) is -0.284. The zero-order valence-electron chi connectivity index (χ0n) is 20.2. The number of hydrogen-bond acceptors (Lipinski definition) is 8. The minimum absolute atomic E-state index is 0.0866. The van der Waals surface area contributed by atoms with E-state index in [-0.39, 0.29) is 18.1 Å². The van der Waals surface area contributed by atoms with Crippen molar-refractivity contribution in [1.82, 2.24) is 4.98 Å². The number of thiazole rings is 1. The molecule has 0 aliphatic carbocycles. The molecule has 3 rings (SSSR count). The highest BCUT2D eigenvalue weighted by Gasteiger charge is 2.22. The molecule has 0 aliphatic rings. The molecule has 9 nitrogen and oxygen atoms in total. The molecule has 0 bridgehead atoms. The average molecular weight is 498 g/mol. The van der Waals surface area contributed by atoms with Crippen molar-refractivity contribution in [2.45, 2.75) is 39.9 Å². The van der Waals surface area contributed by atoms with Crippen LogP contribution in [0.3, 0.4) is 0 Å². The molecule has 184 valence electrons. The van der Waals surface area contributed by atoms with E-state index >= 15 is 0 Å². The average Bonchev–Trinajstić information content (AvgIpc) is 3.25. The van der Waals surface area contributed by atoms with Crippen LogP contribution in [-0.2, 0) is 20.9 Å². The second-order valence-electron chi connectivity index (χ2n) is 8.43. The topological polar surface area (TPSA) is 107 Å². The zero-order valence-corrected chi connectivity index (χ0v) is 21.0. The smallest absolute Gasteiger partial charge is 0.412 e. The standard InChI is InChI=1S/C25H27N3O6S/c1-16(29)28(20-11-6-7-12-21(20)32-5)23-26-19(15-35-23)14-33-22(30)17-9-8-10-18(13-17)27-24(31)34-25(2,3)4/h6-13,15H,14H2,1-5H3,(H,27,31). The number of rotatable bonds is 7. The summed E-state index contributed by atoms with van der Waals surface area (Å²) in [4.78, 5) is 42.8. The molecule has 1 heterocycles. The van der Waals surface area contributed by atoms with Gasteiger partial charge in [0.2, 0.25) is 5.91 Å². The van der Waals surface area contributed by atoms with Crippen molar-refractivity contribution in [3.8, 4) is 5.75 Å². The normalized spacial score (nSPS) is 10.9. The van der Waals surface area contributed by atoms with Gasteiger partial charge in [-0.05, 0) is 51.1 Å². The first-order valence-electron chi connectivity index (χ1n) is 10.7. The Morgan fingerprint density at radius 2 is 1.83 bits per heavy atom. The van der Waals surface area contributed by atoms with Gasteiger partial charge in [-0.1, -0.05) is 18.2 Å². The lowest BCUT2D eigenvalue weighted by Crippen LogP contribution is -2.27. The fraction of sp³-hybridized carbons (Fsp3) is 0.280. The van der Waals surface area contributed by atoms with Crippen molar-refractivity contribution in [2.24, 2.45) is 0 Å². The third-order valence-electron chi connectivity index (χ3n) is 4.47. The quantitative estimate of drug-likeness (QED) is 0.427. The largest absolute Gasteiger partial charge is 0.495 e. The highest BCUT2D eigenvalue weighted by Crippen LogP contribution is 2.35. The first-order valence-corrected chi connectivity index (χ1v) is 11.6. The van der Waals surface area contributed by atoms with Crippen molar-refractivity contribution in [3.63, 3.8) is 0 Å². The van der Waals surface area contributed by atoms with Crippen molar-refractivity contribution in [2.75, 3.05) is 17.3 Å². The number of esters is 1. The zero-order chi connectivity index (χ0) is 25.6. The lowest BCUT2D eigenvalue weighted by molar-refractivity contribution is -0.115. The van der Waals surface area contributed by atoms with Gasteiger partial charge >= 0.3 is 12.1 Å². The van der Waals surface area contributed by atoms with E-state index in [0.29, 0.717) is 27.9 Å². The maximum atomic E-state index is 12.6. The summed E-state index contributed by atoms with van der Waals surface area (Å²) < 4.78 is 16.0. The van der Waals surface area contributed by atoms with Crippen LogP contribution in [-0.4, -0.2) is 35.7 Å². The van der Waals surface area contributed by atoms with Crippen molar-refractivity contribution in [1.29, 1.82) is 0 Å². The van der Waals surface area contributed by atoms with E-state index in [1.807, 2.05) is 6.07 Å². The second kappa shape index (κ2) is 11.0. The fourth-order valence-electron chi connectivity index (χ4n) is 3.06. The van der Waals surface area contributed by atoms with Crippen molar-refractivity contribution < 1.29 is 28.6 Å². The number of amides is 2.